The number of hydrogen-bond acceptors (Lipinski definition) is 4. The Morgan fingerprint density at radius 1 is 1.32 bits per heavy atom. The molecule has 0 aromatic heterocycles. The van der Waals surface area contributed by atoms with Gasteiger partial charge in [-0.3, -0.25) is 4.79 Å². The fourth-order valence-electron chi connectivity index (χ4n) is 1.83. The van der Waals surface area contributed by atoms with Crippen molar-refractivity contribution in [2.45, 2.75) is 13.8 Å². The molecular formula is C14H19NO4. The number of carboxylic acid groups (broad SMARTS) is 1. The van der Waals surface area contributed by atoms with Crippen LogP contribution in [0.2, 0.25) is 0 Å². The molecule has 0 aliphatic heterocycles. The van der Waals surface area contributed by atoms with E-state index in [9.17, 15) is 9.59 Å². The summed E-state index contributed by atoms with van der Waals surface area (Å²) >= 11 is 0. The van der Waals surface area contributed by atoms with Gasteiger partial charge in [0.25, 0.3) is 0 Å². The molecule has 19 heavy (non-hydrogen) atoms. The number of para-hydroxylation sites is 1. The number of carbonyl (C=O) groups is 2. The first-order valence-electron chi connectivity index (χ1n) is 5.91. The maximum Gasteiger partial charge on any atom is 0.339 e. The van der Waals surface area contributed by atoms with Gasteiger partial charge in [-0.15, -0.1) is 0 Å². The molecule has 0 bridgehead atoms. The molecule has 0 atom stereocenters. The standard InChI is InChI=1S/C14H19NO4/c1-14(2,13(17)18)9-15(3)11-8-6-5-7-10(11)12(16)19-4/h5-8H,9H2,1-4H3,(H,17,18). The first-order valence-corrected chi connectivity index (χ1v) is 5.91. The summed E-state index contributed by atoms with van der Waals surface area (Å²) in [7, 11) is 3.08. The first-order chi connectivity index (χ1) is 8.79. The third-order valence-electron chi connectivity index (χ3n) is 2.93. The maximum absolute atomic E-state index is 11.7. The van der Waals surface area contributed by atoms with Gasteiger partial charge in [-0.2, -0.15) is 0 Å². The minimum atomic E-state index is -0.905. The van der Waals surface area contributed by atoms with E-state index in [-0.39, 0.29) is 6.54 Å². The Kier molecular flexibility index (Phi) is 4.53. The molecule has 0 saturated heterocycles. The Morgan fingerprint density at radius 2 is 1.89 bits per heavy atom. The third-order valence-corrected chi connectivity index (χ3v) is 2.93. The van der Waals surface area contributed by atoms with E-state index >= 15 is 0 Å². The topological polar surface area (TPSA) is 66.8 Å². The fraction of sp³-hybridized carbons (Fsp3) is 0.429. The number of anilines is 1. The molecule has 0 heterocycles. The highest BCUT2D eigenvalue weighted by molar-refractivity contribution is 5.95. The molecule has 0 radical (unpaired) electrons. The predicted molar refractivity (Wildman–Crippen MR) is 72.5 cm³/mol. The van der Waals surface area contributed by atoms with Crippen LogP contribution in [0.15, 0.2) is 24.3 Å². The van der Waals surface area contributed by atoms with E-state index < -0.39 is 17.4 Å². The van der Waals surface area contributed by atoms with E-state index in [0.717, 1.165) is 0 Å². The maximum atomic E-state index is 11.7. The average Bonchev–Trinajstić information content (AvgIpc) is 2.37. The van der Waals surface area contributed by atoms with Crippen molar-refractivity contribution in [3.05, 3.63) is 29.8 Å². The molecule has 0 unspecified atom stereocenters. The number of methoxy groups -OCH3 is 1. The summed E-state index contributed by atoms with van der Waals surface area (Å²) in [6.45, 7) is 3.58. The van der Waals surface area contributed by atoms with E-state index in [1.807, 2.05) is 0 Å². The molecular weight excluding hydrogens is 246 g/mol. The second kappa shape index (κ2) is 5.73. The van der Waals surface area contributed by atoms with Crippen LogP contribution in [0.5, 0.6) is 0 Å². The Morgan fingerprint density at radius 3 is 2.42 bits per heavy atom. The van der Waals surface area contributed by atoms with E-state index in [4.69, 9.17) is 9.84 Å². The molecule has 104 valence electrons. The summed E-state index contributed by atoms with van der Waals surface area (Å²) in [5.74, 6) is -1.31. The fourth-order valence-corrected chi connectivity index (χ4v) is 1.83. The van der Waals surface area contributed by atoms with Gasteiger partial charge in [0.1, 0.15) is 0 Å². The van der Waals surface area contributed by atoms with E-state index in [2.05, 4.69) is 0 Å². The van der Waals surface area contributed by atoms with Crippen molar-refractivity contribution in [2.75, 3.05) is 25.6 Å². The highest BCUT2D eigenvalue weighted by Crippen LogP contribution is 2.24. The molecule has 0 amide bonds. The summed E-state index contributed by atoms with van der Waals surface area (Å²) in [6.07, 6.45) is 0. The number of carboxylic acids is 1. The van der Waals surface area contributed by atoms with Gasteiger partial charge in [-0.1, -0.05) is 12.1 Å². The zero-order valence-electron chi connectivity index (χ0n) is 11.6. The van der Waals surface area contributed by atoms with Crippen LogP contribution in [-0.2, 0) is 9.53 Å². The SMILES string of the molecule is COC(=O)c1ccccc1N(C)CC(C)(C)C(=O)O. The number of aliphatic carboxylic acids is 1. The second-order valence-corrected chi connectivity index (χ2v) is 5.05. The monoisotopic (exact) mass is 265 g/mol. The number of benzene rings is 1. The van der Waals surface area contributed by atoms with Gasteiger partial charge < -0.3 is 14.7 Å². The molecule has 0 aliphatic rings. The van der Waals surface area contributed by atoms with Crippen LogP contribution in [0, 0.1) is 5.41 Å². The Hall–Kier alpha value is -2.04. The number of esters is 1. The molecule has 5 heteroatoms. The van der Waals surface area contributed by atoms with Crippen LogP contribution in [0.3, 0.4) is 0 Å². The second-order valence-electron chi connectivity index (χ2n) is 5.05. The van der Waals surface area contributed by atoms with Crippen LogP contribution in [-0.4, -0.2) is 37.7 Å². The third kappa shape index (κ3) is 3.47. The van der Waals surface area contributed by atoms with Gasteiger partial charge in [0.2, 0.25) is 0 Å². The summed E-state index contributed by atoms with van der Waals surface area (Å²) < 4.78 is 4.72. The number of hydrogen-bond donors (Lipinski definition) is 1. The molecule has 1 N–H and O–H groups in total. The summed E-state index contributed by atoms with van der Waals surface area (Å²) in [4.78, 5) is 24.6. The van der Waals surface area contributed by atoms with Crippen molar-refractivity contribution in [1.29, 1.82) is 0 Å². The Labute approximate surface area is 112 Å². The molecule has 1 aromatic rings. The average molecular weight is 265 g/mol. The number of ether oxygens (including phenoxy) is 1. The van der Waals surface area contributed by atoms with Crippen LogP contribution in [0.4, 0.5) is 5.69 Å². The zero-order valence-corrected chi connectivity index (χ0v) is 11.6. The molecule has 1 aromatic carbocycles. The van der Waals surface area contributed by atoms with Crippen LogP contribution in [0.25, 0.3) is 0 Å². The lowest BCUT2D eigenvalue weighted by Crippen LogP contribution is -2.37. The zero-order chi connectivity index (χ0) is 14.6. The molecule has 5 nitrogen and oxygen atoms in total. The highest BCUT2D eigenvalue weighted by Gasteiger charge is 2.29. The minimum Gasteiger partial charge on any atom is -0.481 e. The van der Waals surface area contributed by atoms with E-state index in [1.165, 1.54) is 7.11 Å². The number of carbonyl (C=O) groups excluding carboxylic acids is 1. The summed E-state index contributed by atoms with van der Waals surface area (Å²) in [6, 6.07) is 6.97. The normalized spacial score (nSPS) is 10.9. The molecule has 0 saturated carbocycles. The van der Waals surface area contributed by atoms with Crippen molar-refractivity contribution < 1.29 is 19.4 Å². The highest BCUT2D eigenvalue weighted by atomic mass is 16.5. The smallest absolute Gasteiger partial charge is 0.339 e. The first kappa shape index (κ1) is 15.0. The molecule has 0 fully saturated rings. The van der Waals surface area contributed by atoms with Crippen molar-refractivity contribution in [3.63, 3.8) is 0 Å². The van der Waals surface area contributed by atoms with Crippen molar-refractivity contribution in [1.82, 2.24) is 0 Å². The molecule has 0 spiro atoms. The van der Waals surface area contributed by atoms with Crippen molar-refractivity contribution in [2.24, 2.45) is 5.41 Å². The molecule has 1 rings (SSSR count). The van der Waals surface area contributed by atoms with Gasteiger partial charge in [0.05, 0.1) is 23.8 Å². The lowest BCUT2D eigenvalue weighted by atomic mass is 9.93. The number of rotatable bonds is 5. The number of nitrogens with zero attached hydrogens (tertiary/aromatic N) is 1. The minimum absolute atomic E-state index is 0.288. The van der Waals surface area contributed by atoms with Gasteiger partial charge in [0, 0.05) is 13.6 Å². The van der Waals surface area contributed by atoms with Gasteiger partial charge in [-0.05, 0) is 26.0 Å². The quantitative estimate of drug-likeness (QED) is 0.825. The van der Waals surface area contributed by atoms with Gasteiger partial charge >= 0.3 is 11.9 Å². The van der Waals surface area contributed by atoms with E-state index in [0.29, 0.717) is 11.3 Å². The molecule has 0 aliphatic carbocycles. The lowest BCUT2D eigenvalue weighted by molar-refractivity contribution is -0.146. The van der Waals surface area contributed by atoms with Crippen LogP contribution >= 0.6 is 0 Å². The lowest BCUT2D eigenvalue weighted by Gasteiger charge is -2.29. The Balaban J connectivity index is 3.03. The summed E-state index contributed by atoms with van der Waals surface area (Å²) in [5, 5.41) is 9.14. The van der Waals surface area contributed by atoms with Crippen molar-refractivity contribution >= 4 is 17.6 Å². The van der Waals surface area contributed by atoms with Crippen LogP contribution in [0.1, 0.15) is 24.2 Å². The van der Waals surface area contributed by atoms with E-state index in [1.54, 1.807) is 50.1 Å². The summed E-state index contributed by atoms with van der Waals surface area (Å²) in [5.41, 5.74) is 0.176. The van der Waals surface area contributed by atoms with Gasteiger partial charge in [0.15, 0.2) is 0 Å². The van der Waals surface area contributed by atoms with Crippen LogP contribution < -0.4 is 4.90 Å². The van der Waals surface area contributed by atoms with Gasteiger partial charge in [-0.25, -0.2) is 4.79 Å². The largest absolute Gasteiger partial charge is 0.481 e. The Bertz CT molecular complexity index is 482. The van der Waals surface area contributed by atoms with Crippen molar-refractivity contribution in [3.8, 4) is 0 Å². The predicted octanol–water partition coefficient (Wildman–Crippen LogP) is 2.02.